The second kappa shape index (κ2) is 20.8. The normalized spacial score (nSPS) is 13.8. The van der Waals surface area contributed by atoms with Gasteiger partial charge >= 0.3 is 0 Å². The number of thiophene rings is 4. The molecule has 4 aromatic rings. The van der Waals surface area contributed by atoms with Crippen molar-refractivity contribution in [3.63, 3.8) is 0 Å². The van der Waals surface area contributed by atoms with Crippen LogP contribution in [0.1, 0.15) is 113 Å². The smallest absolute Gasteiger partial charge is 0.262 e. The first-order valence-corrected chi connectivity index (χ1v) is 30.3. The molecule has 0 bridgehead atoms. The van der Waals surface area contributed by atoms with Crippen LogP contribution in [0.15, 0.2) is 41.3 Å². The molecule has 0 fully saturated rings. The fraction of sp³-hybridized carbons (Fsp3) is 0.543. The van der Waals surface area contributed by atoms with Gasteiger partial charge in [0.25, 0.3) is 10.0 Å². The number of rotatable bonds is 18. The van der Waals surface area contributed by atoms with E-state index in [-0.39, 0.29) is 13.0 Å². The summed E-state index contributed by atoms with van der Waals surface area (Å²) in [5, 5.41) is 0. The number of fused-ring (bicyclic) bond motifs is 3. The molecule has 0 aromatic carbocycles. The van der Waals surface area contributed by atoms with E-state index in [9.17, 15) is 8.42 Å². The van der Waals surface area contributed by atoms with Crippen molar-refractivity contribution >= 4 is 103 Å². The quantitative estimate of drug-likeness (QED) is 0.0740. The van der Waals surface area contributed by atoms with Gasteiger partial charge in [0.1, 0.15) is 4.90 Å². The zero-order chi connectivity index (χ0) is 34.7. The van der Waals surface area contributed by atoms with Crippen LogP contribution < -0.4 is 4.31 Å². The van der Waals surface area contributed by atoms with Crippen molar-refractivity contribution in [2.24, 2.45) is 0 Å². The molecule has 0 N–H and O–H groups in total. The Bertz CT molecular complexity index is 1640. The summed E-state index contributed by atoms with van der Waals surface area (Å²) < 4.78 is 30.8. The Morgan fingerprint density at radius 3 is 1.75 bits per heavy atom. The lowest BCUT2D eigenvalue weighted by atomic mass is 9.99. The van der Waals surface area contributed by atoms with Gasteiger partial charge < -0.3 is 0 Å². The summed E-state index contributed by atoms with van der Waals surface area (Å²) in [6, 6.07) is 12.9. The number of hydrogen-bond donors (Lipinski definition) is 0. The Kier molecular flexibility index (Phi) is 18.0. The van der Waals surface area contributed by atoms with Gasteiger partial charge in [0.2, 0.25) is 0 Å². The van der Waals surface area contributed by atoms with E-state index in [0.29, 0.717) is 4.90 Å². The van der Waals surface area contributed by atoms with E-state index in [0.717, 1.165) is 54.0 Å². The second-order valence-corrected chi connectivity index (χ2v) is 33.0. The van der Waals surface area contributed by atoms with Crippen molar-refractivity contribution in [2.75, 3.05) is 4.31 Å². The Morgan fingerprint density at radius 2 is 1.21 bits per heavy atom. The molecule has 1 aliphatic rings. The van der Waals surface area contributed by atoms with Gasteiger partial charge in [-0.15, -0.1) is 72.1 Å². The van der Waals surface area contributed by atoms with Crippen LogP contribution in [0.3, 0.4) is 0 Å². The lowest BCUT2D eigenvalue weighted by Gasteiger charge is -2.35. The van der Waals surface area contributed by atoms with E-state index < -0.39 is 10.0 Å². The van der Waals surface area contributed by atoms with Crippen molar-refractivity contribution in [1.82, 2.24) is 0 Å². The van der Waals surface area contributed by atoms with Crippen molar-refractivity contribution in [3.05, 3.63) is 46.2 Å². The molecular formula is C35H54NO2P5S5. The molecule has 0 aliphatic carbocycles. The molecule has 1 aliphatic heterocycles. The maximum Gasteiger partial charge on any atom is 0.266 e. The zero-order valence-corrected chi connectivity index (χ0v) is 38.4. The number of nitrogens with zero attached hydrogens (tertiary/aromatic N) is 1. The van der Waals surface area contributed by atoms with E-state index >= 15 is 0 Å². The monoisotopic (exact) mass is 835 g/mol. The van der Waals surface area contributed by atoms with Crippen LogP contribution >= 0.6 is 87.1 Å². The largest absolute Gasteiger partial charge is 0.266 e. The topological polar surface area (TPSA) is 37.4 Å². The van der Waals surface area contributed by atoms with Gasteiger partial charge in [0, 0.05) is 35.3 Å². The minimum atomic E-state index is -3.63. The molecule has 0 spiro atoms. The van der Waals surface area contributed by atoms with Crippen molar-refractivity contribution in [2.45, 2.75) is 129 Å². The maximum atomic E-state index is 14.4. The second-order valence-electron chi connectivity index (χ2n) is 12.6. The molecule has 5 heterocycles. The number of sulfonamides is 1. The molecule has 4 aromatic heterocycles. The molecular weight excluding hydrogens is 782 g/mol. The summed E-state index contributed by atoms with van der Waals surface area (Å²) >= 11 is 7.05. The highest BCUT2D eigenvalue weighted by Gasteiger charge is 2.41. The van der Waals surface area contributed by atoms with Crippen LogP contribution in [-0.2, 0) is 10.0 Å². The highest BCUT2D eigenvalue weighted by Crippen LogP contribution is 2.71. The predicted octanol–water partition coefficient (Wildman–Crippen LogP) is 15.4. The molecule has 5 rings (SSSR count). The summed E-state index contributed by atoms with van der Waals surface area (Å²) in [6.45, 7) is 8.92. The molecule has 0 amide bonds. The maximum absolute atomic E-state index is 14.4. The van der Waals surface area contributed by atoms with Gasteiger partial charge in [-0.1, -0.05) is 98.9 Å². The predicted molar refractivity (Wildman–Crippen MR) is 238 cm³/mol. The average Bonchev–Trinajstić information content (AvgIpc) is 3.86. The highest BCUT2D eigenvalue weighted by atomic mass is 32.8. The van der Waals surface area contributed by atoms with Gasteiger partial charge in [-0.25, -0.2) is 8.42 Å². The molecule has 13 heteroatoms. The van der Waals surface area contributed by atoms with E-state index in [2.05, 4.69) is 77.9 Å². The Morgan fingerprint density at radius 1 is 0.688 bits per heavy atom. The number of anilines is 1. The summed E-state index contributed by atoms with van der Waals surface area (Å²) in [4.78, 5) is 9.94. The third kappa shape index (κ3) is 11.3. The molecule has 266 valence electrons. The van der Waals surface area contributed by atoms with Crippen molar-refractivity contribution in [1.29, 1.82) is 0 Å². The molecule has 4 atom stereocenters. The minimum absolute atomic E-state index is 0.00453. The SMILES string of the molecule is CCCCCCCCC(CCCCCCCC)N1c2cc(-c3ccc(-c4ccc(C)s4)s3)sc2-c2sc(C)cc2S1(=O)=O.PPP(P)P. The van der Waals surface area contributed by atoms with Crippen LogP contribution in [0.4, 0.5) is 5.69 Å². The Balaban J connectivity index is 0.000000968. The lowest BCUT2D eigenvalue weighted by Crippen LogP contribution is -2.42. The van der Waals surface area contributed by atoms with Crippen LogP contribution in [0.25, 0.3) is 29.3 Å². The standard InChI is InChI=1S/C35H47NO2S5.H7P5/c1-5-7-9-11-13-15-17-27(18-16-14-12-10-8-6-2)36-28-24-32(31-22-21-30(41-31)29-20-19-25(3)39-29)42-34(28)35-33(43(36,37)38)23-26(4)40-35;1-4-5(2)3/h19-24,27H,5-18H2,1-4H3;4H,1-3H2. The van der Waals surface area contributed by atoms with Gasteiger partial charge in [0.15, 0.2) is 0 Å². The fourth-order valence-electron chi connectivity index (χ4n) is 6.17. The summed E-state index contributed by atoms with van der Waals surface area (Å²) in [6.07, 6.45) is 16.6. The third-order valence-corrected chi connectivity index (χ3v) is 27.4. The number of hydrogen-bond acceptors (Lipinski definition) is 6. The van der Waals surface area contributed by atoms with E-state index in [4.69, 9.17) is 0 Å². The zero-order valence-electron chi connectivity index (χ0n) is 28.9. The van der Waals surface area contributed by atoms with Crippen LogP contribution in [0, 0.1) is 13.8 Å². The summed E-state index contributed by atoms with van der Waals surface area (Å²) in [7, 11) is 5.61. The van der Waals surface area contributed by atoms with Gasteiger partial charge in [-0.05, 0) is 70.1 Å². The van der Waals surface area contributed by atoms with E-state index in [1.54, 1.807) is 22.7 Å². The number of aryl methyl sites for hydroxylation is 2. The van der Waals surface area contributed by atoms with E-state index in [1.807, 2.05) is 40.0 Å². The highest BCUT2D eigenvalue weighted by molar-refractivity contribution is 8.77. The number of unbranched alkanes of at least 4 members (excludes halogenated alkanes) is 10. The first kappa shape index (κ1) is 41.5. The first-order valence-electron chi connectivity index (χ1n) is 17.3. The van der Waals surface area contributed by atoms with Crippen molar-refractivity contribution in [3.8, 4) is 29.3 Å². The first-order chi connectivity index (χ1) is 23.1. The molecule has 4 unspecified atom stereocenters. The van der Waals surface area contributed by atoms with Crippen molar-refractivity contribution < 1.29 is 8.42 Å². The summed E-state index contributed by atoms with van der Waals surface area (Å²) in [5.41, 5.74) is 0.915. The molecule has 0 radical (unpaired) electrons. The van der Waals surface area contributed by atoms with Gasteiger partial charge in [-0.3, -0.25) is 4.31 Å². The lowest BCUT2D eigenvalue weighted by molar-refractivity contribution is 0.477. The van der Waals surface area contributed by atoms with Crippen LogP contribution in [0.2, 0.25) is 0 Å². The Labute approximate surface area is 317 Å². The molecule has 3 nitrogen and oxygen atoms in total. The third-order valence-electron chi connectivity index (χ3n) is 8.61. The van der Waals surface area contributed by atoms with Gasteiger partial charge in [-0.2, -0.15) is 0 Å². The molecule has 0 saturated carbocycles. The van der Waals surface area contributed by atoms with Crippen LogP contribution in [0.5, 0.6) is 0 Å². The van der Waals surface area contributed by atoms with Crippen LogP contribution in [-0.4, -0.2) is 14.5 Å². The van der Waals surface area contributed by atoms with Gasteiger partial charge in [0.05, 0.1) is 15.4 Å². The minimum Gasteiger partial charge on any atom is -0.262 e. The van der Waals surface area contributed by atoms with E-state index in [1.165, 1.54) is 88.6 Å². The Hall–Kier alpha value is 0.700. The fourth-order valence-corrected chi connectivity index (χ4v) is 12.9. The average molecular weight is 836 g/mol. The summed E-state index contributed by atoms with van der Waals surface area (Å²) in [5.74, 6) is 0. The molecule has 0 saturated heterocycles. The molecule has 48 heavy (non-hydrogen) atoms.